The Morgan fingerprint density at radius 1 is 0.939 bits per heavy atom. The smallest absolute Gasteiger partial charge is 0.338 e. The molecule has 0 fully saturated rings. The normalized spacial score (nSPS) is 12.0. The molecule has 1 amide bonds. The molecule has 3 aromatic rings. The zero-order valence-corrected chi connectivity index (χ0v) is 19.1. The van der Waals surface area contributed by atoms with E-state index in [1.807, 2.05) is 19.9 Å². The highest BCUT2D eigenvalue weighted by Crippen LogP contribution is 2.22. The van der Waals surface area contributed by atoms with Crippen LogP contribution in [-0.2, 0) is 19.6 Å². The number of sulfonamides is 1. The van der Waals surface area contributed by atoms with Crippen molar-refractivity contribution in [3.63, 3.8) is 0 Å². The highest BCUT2D eigenvalue weighted by Gasteiger charge is 2.21. The number of hydrogen-bond acceptors (Lipinski definition) is 5. The highest BCUT2D eigenvalue weighted by atomic mass is 32.2. The summed E-state index contributed by atoms with van der Waals surface area (Å²) in [5, 5.41) is 2.52. The van der Waals surface area contributed by atoms with Crippen LogP contribution in [0.3, 0.4) is 0 Å². The Hall–Kier alpha value is -3.72. The number of halogens is 1. The van der Waals surface area contributed by atoms with Gasteiger partial charge in [-0.2, -0.15) is 0 Å². The minimum Gasteiger partial charge on any atom is -0.449 e. The maximum atomic E-state index is 13.0. The fourth-order valence-electron chi connectivity index (χ4n) is 2.89. The van der Waals surface area contributed by atoms with Gasteiger partial charge in [-0.15, -0.1) is 0 Å². The third-order valence-electron chi connectivity index (χ3n) is 5.01. The van der Waals surface area contributed by atoms with Crippen LogP contribution in [0.2, 0.25) is 0 Å². The van der Waals surface area contributed by atoms with Gasteiger partial charge in [0.05, 0.1) is 16.1 Å². The summed E-state index contributed by atoms with van der Waals surface area (Å²) < 4.78 is 46.1. The van der Waals surface area contributed by atoms with Crippen molar-refractivity contribution in [2.45, 2.75) is 31.8 Å². The van der Waals surface area contributed by atoms with E-state index in [1.165, 1.54) is 55.5 Å². The molecule has 3 rings (SSSR count). The Morgan fingerprint density at radius 2 is 1.58 bits per heavy atom. The van der Waals surface area contributed by atoms with Crippen LogP contribution >= 0.6 is 0 Å². The van der Waals surface area contributed by atoms with Crippen molar-refractivity contribution < 1.29 is 27.1 Å². The second-order valence-corrected chi connectivity index (χ2v) is 9.10. The lowest BCUT2D eigenvalue weighted by Gasteiger charge is -2.14. The van der Waals surface area contributed by atoms with Gasteiger partial charge in [-0.25, -0.2) is 17.6 Å². The molecule has 0 aliphatic carbocycles. The van der Waals surface area contributed by atoms with E-state index in [9.17, 15) is 22.4 Å². The third-order valence-corrected chi connectivity index (χ3v) is 6.40. The standard InChI is InChI=1S/C24H23FN2O5S/c1-15-5-4-6-22(16(15)2)27-33(30,31)21-13-7-18(8-14-21)24(29)32-17(3)23(28)26-20-11-9-19(25)10-12-20/h4-14,17,27H,1-3H3,(H,26,28). The molecule has 0 aromatic heterocycles. The van der Waals surface area contributed by atoms with Crippen molar-refractivity contribution in [2.24, 2.45) is 0 Å². The molecule has 0 heterocycles. The number of ether oxygens (including phenoxy) is 1. The van der Waals surface area contributed by atoms with Gasteiger partial charge in [0.25, 0.3) is 15.9 Å². The summed E-state index contributed by atoms with van der Waals surface area (Å²) in [6.07, 6.45) is -1.13. The van der Waals surface area contributed by atoms with Gasteiger partial charge in [0.15, 0.2) is 6.10 Å². The van der Waals surface area contributed by atoms with Crippen molar-refractivity contribution in [1.29, 1.82) is 0 Å². The summed E-state index contributed by atoms with van der Waals surface area (Å²) in [7, 11) is -3.86. The lowest BCUT2D eigenvalue weighted by Crippen LogP contribution is -2.30. The summed E-state index contributed by atoms with van der Waals surface area (Å²) in [6.45, 7) is 5.10. The number of rotatable bonds is 7. The van der Waals surface area contributed by atoms with Gasteiger partial charge in [-0.3, -0.25) is 9.52 Å². The number of nitrogens with one attached hydrogen (secondary N) is 2. The monoisotopic (exact) mass is 470 g/mol. The molecule has 172 valence electrons. The van der Waals surface area contributed by atoms with E-state index in [4.69, 9.17) is 4.74 Å². The SMILES string of the molecule is Cc1cccc(NS(=O)(=O)c2ccc(C(=O)OC(C)C(=O)Nc3ccc(F)cc3)cc2)c1C. The first-order valence-corrected chi connectivity index (χ1v) is 11.5. The Morgan fingerprint density at radius 3 is 2.21 bits per heavy atom. The zero-order chi connectivity index (χ0) is 24.2. The van der Waals surface area contributed by atoms with Gasteiger partial charge < -0.3 is 10.1 Å². The molecule has 3 aromatic carbocycles. The summed E-state index contributed by atoms with van der Waals surface area (Å²) in [5.74, 6) is -1.82. The fraction of sp³-hybridized carbons (Fsp3) is 0.167. The van der Waals surface area contributed by atoms with E-state index in [-0.39, 0.29) is 10.5 Å². The minimum absolute atomic E-state index is 0.0259. The Balaban J connectivity index is 1.64. The summed E-state index contributed by atoms with van der Waals surface area (Å²) in [6, 6.07) is 15.6. The lowest BCUT2D eigenvalue weighted by molar-refractivity contribution is -0.123. The molecule has 0 saturated heterocycles. The number of amides is 1. The first kappa shape index (κ1) is 23.9. The van der Waals surface area contributed by atoms with Gasteiger partial charge >= 0.3 is 5.97 Å². The van der Waals surface area contributed by atoms with Gasteiger partial charge in [0.2, 0.25) is 0 Å². The van der Waals surface area contributed by atoms with E-state index >= 15 is 0 Å². The number of benzene rings is 3. The number of hydrogen-bond donors (Lipinski definition) is 2. The maximum absolute atomic E-state index is 13.0. The Labute approximate surface area is 191 Å². The fourth-order valence-corrected chi connectivity index (χ4v) is 4.02. The number of esters is 1. The molecular formula is C24H23FN2O5S. The van der Waals surface area contributed by atoms with Gasteiger partial charge in [0, 0.05) is 5.69 Å². The number of aryl methyl sites for hydroxylation is 1. The summed E-state index contributed by atoms with van der Waals surface area (Å²) in [5.41, 5.74) is 2.68. The second-order valence-electron chi connectivity index (χ2n) is 7.42. The van der Waals surface area contributed by atoms with Crippen LogP contribution in [0.5, 0.6) is 0 Å². The molecule has 0 saturated carbocycles. The molecule has 0 aliphatic heterocycles. The lowest BCUT2D eigenvalue weighted by atomic mass is 10.1. The Kier molecular flexibility index (Phi) is 7.13. The molecule has 0 bridgehead atoms. The molecule has 7 nitrogen and oxygen atoms in total. The summed E-state index contributed by atoms with van der Waals surface area (Å²) >= 11 is 0. The zero-order valence-electron chi connectivity index (χ0n) is 18.3. The van der Waals surface area contributed by atoms with Crippen LogP contribution < -0.4 is 10.0 Å². The van der Waals surface area contributed by atoms with Crippen LogP contribution in [0.1, 0.15) is 28.4 Å². The van der Waals surface area contributed by atoms with Crippen LogP contribution in [0.15, 0.2) is 71.6 Å². The van der Waals surface area contributed by atoms with Crippen molar-refractivity contribution in [3.8, 4) is 0 Å². The highest BCUT2D eigenvalue weighted by molar-refractivity contribution is 7.92. The number of carbonyl (C=O) groups is 2. The third kappa shape index (κ3) is 5.95. The average molecular weight is 471 g/mol. The molecule has 33 heavy (non-hydrogen) atoms. The van der Waals surface area contributed by atoms with E-state index in [2.05, 4.69) is 10.0 Å². The average Bonchev–Trinajstić information content (AvgIpc) is 2.78. The Bertz CT molecular complexity index is 1270. The van der Waals surface area contributed by atoms with Crippen LogP contribution in [-0.4, -0.2) is 26.4 Å². The molecule has 0 spiro atoms. The molecule has 0 radical (unpaired) electrons. The van der Waals surface area contributed by atoms with Gasteiger partial charge in [0.1, 0.15) is 5.82 Å². The van der Waals surface area contributed by atoms with E-state index in [0.29, 0.717) is 11.4 Å². The molecular weight excluding hydrogens is 447 g/mol. The quantitative estimate of drug-likeness (QED) is 0.498. The maximum Gasteiger partial charge on any atom is 0.338 e. The van der Waals surface area contributed by atoms with Crippen LogP contribution in [0.25, 0.3) is 0 Å². The molecule has 0 aliphatic rings. The van der Waals surface area contributed by atoms with Crippen LogP contribution in [0, 0.1) is 19.7 Å². The topological polar surface area (TPSA) is 102 Å². The number of carbonyl (C=O) groups excluding carboxylic acids is 2. The van der Waals surface area contributed by atoms with Gasteiger partial charge in [-0.05, 0) is 86.5 Å². The van der Waals surface area contributed by atoms with E-state index < -0.39 is 33.8 Å². The second kappa shape index (κ2) is 9.83. The predicted octanol–water partition coefficient (Wildman–Crippen LogP) is 4.43. The van der Waals surface area contributed by atoms with Crippen molar-refractivity contribution in [3.05, 3.63) is 89.2 Å². The molecule has 2 N–H and O–H groups in total. The van der Waals surface area contributed by atoms with Crippen LogP contribution in [0.4, 0.5) is 15.8 Å². The summed E-state index contributed by atoms with van der Waals surface area (Å²) in [4.78, 5) is 24.6. The number of anilines is 2. The van der Waals surface area contributed by atoms with E-state index in [1.54, 1.807) is 12.1 Å². The van der Waals surface area contributed by atoms with Crippen molar-refractivity contribution >= 4 is 33.3 Å². The first-order valence-electron chi connectivity index (χ1n) is 10.0. The van der Waals surface area contributed by atoms with Gasteiger partial charge in [-0.1, -0.05) is 12.1 Å². The first-order chi connectivity index (χ1) is 15.6. The van der Waals surface area contributed by atoms with Crippen molar-refractivity contribution in [1.82, 2.24) is 0 Å². The van der Waals surface area contributed by atoms with E-state index in [0.717, 1.165) is 11.1 Å². The minimum atomic E-state index is -3.86. The van der Waals surface area contributed by atoms with Crippen molar-refractivity contribution in [2.75, 3.05) is 10.0 Å². The molecule has 9 heteroatoms. The largest absolute Gasteiger partial charge is 0.449 e. The molecule has 1 unspecified atom stereocenters. The molecule has 1 atom stereocenters. The predicted molar refractivity (Wildman–Crippen MR) is 123 cm³/mol.